The average Bonchev–Trinajstić information content (AvgIpc) is 3.07. The van der Waals surface area contributed by atoms with Gasteiger partial charge in [-0.05, 0) is 38.8 Å². The smallest absolute Gasteiger partial charge is 0.262 e. The molecule has 3 aliphatic rings. The molecule has 0 bridgehead atoms. The summed E-state index contributed by atoms with van der Waals surface area (Å²) >= 11 is 0. The van der Waals surface area contributed by atoms with Crippen molar-refractivity contribution in [3.8, 4) is 0 Å². The zero-order valence-corrected chi connectivity index (χ0v) is 11.8. The van der Waals surface area contributed by atoms with Crippen LogP contribution >= 0.6 is 0 Å². The van der Waals surface area contributed by atoms with Crippen molar-refractivity contribution in [2.24, 2.45) is 0 Å². The van der Waals surface area contributed by atoms with E-state index in [9.17, 15) is 13.6 Å². The molecule has 4 nitrogen and oxygen atoms in total. The Morgan fingerprint density at radius 2 is 1.90 bits per heavy atom. The summed E-state index contributed by atoms with van der Waals surface area (Å²) in [6, 6.07) is -0.264. The van der Waals surface area contributed by atoms with Crippen molar-refractivity contribution in [2.45, 2.75) is 50.1 Å². The van der Waals surface area contributed by atoms with Crippen molar-refractivity contribution in [2.75, 3.05) is 32.7 Å². The number of hydrogen-bond donors (Lipinski definition) is 1. The lowest BCUT2D eigenvalue weighted by molar-refractivity contribution is -0.135. The second-order valence-corrected chi connectivity index (χ2v) is 6.32. The highest BCUT2D eigenvalue weighted by Crippen LogP contribution is 2.27. The predicted molar refractivity (Wildman–Crippen MR) is 71.8 cm³/mol. The molecule has 0 aromatic carbocycles. The van der Waals surface area contributed by atoms with Gasteiger partial charge >= 0.3 is 0 Å². The van der Waals surface area contributed by atoms with Gasteiger partial charge in [-0.2, -0.15) is 0 Å². The Labute approximate surface area is 118 Å². The average molecular weight is 287 g/mol. The molecule has 0 saturated carbocycles. The summed E-state index contributed by atoms with van der Waals surface area (Å²) in [6.45, 7) is 3.29. The number of carbonyl (C=O) groups excluding carboxylic acids is 1. The first-order valence-corrected chi connectivity index (χ1v) is 7.69. The Bertz CT molecular complexity index is 371. The first-order chi connectivity index (χ1) is 9.55. The van der Waals surface area contributed by atoms with E-state index < -0.39 is 12.0 Å². The van der Waals surface area contributed by atoms with E-state index in [1.165, 1.54) is 12.8 Å². The van der Waals surface area contributed by atoms with E-state index in [0.29, 0.717) is 19.1 Å². The molecule has 2 unspecified atom stereocenters. The van der Waals surface area contributed by atoms with Gasteiger partial charge in [0.2, 0.25) is 5.91 Å². The SMILES string of the molecule is O=C(C1CC(F)(F)CN1)N1CCCC(N2CCCC2)C1. The van der Waals surface area contributed by atoms with Gasteiger partial charge in [0.05, 0.1) is 12.6 Å². The van der Waals surface area contributed by atoms with E-state index in [2.05, 4.69) is 10.2 Å². The van der Waals surface area contributed by atoms with Crippen LogP contribution in [0.25, 0.3) is 0 Å². The third kappa shape index (κ3) is 2.96. The van der Waals surface area contributed by atoms with Crippen molar-refractivity contribution in [3.05, 3.63) is 0 Å². The molecule has 0 spiro atoms. The van der Waals surface area contributed by atoms with Gasteiger partial charge in [0.15, 0.2) is 0 Å². The number of likely N-dealkylation sites (tertiary alicyclic amines) is 2. The highest BCUT2D eigenvalue weighted by molar-refractivity contribution is 5.82. The molecule has 1 N–H and O–H groups in total. The van der Waals surface area contributed by atoms with Crippen LogP contribution < -0.4 is 5.32 Å². The lowest BCUT2D eigenvalue weighted by atomic mass is 10.0. The van der Waals surface area contributed by atoms with Crippen molar-refractivity contribution in [3.63, 3.8) is 0 Å². The minimum Gasteiger partial charge on any atom is -0.340 e. The maximum absolute atomic E-state index is 13.2. The fourth-order valence-electron chi connectivity index (χ4n) is 3.67. The molecular formula is C14H23F2N3O. The molecule has 3 heterocycles. The van der Waals surface area contributed by atoms with E-state index in [1.54, 1.807) is 4.90 Å². The second kappa shape index (κ2) is 5.56. The fraction of sp³-hybridized carbons (Fsp3) is 0.929. The van der Waals surface area contributed by atoms with Crippen LogP contribution in [-0.4, -0.2) is 66.4 Å². The maximum atomic E-state index is 13.2. The molecule has 0 radical (unpaired) electrons. The normalized spacial score (nSPS) is 34.6. The van der Waals surface area contributed by atoms with Crippen LogP contribution in [0.4, 0.5) is 8.78 Å². The topological polar surface area (TPSA) is 35.6 Å². The third-order valence-corrected chi connectivity index (χ3v) is 4.77. The van der Waals surface area contributed by atoms with Gasteiger partial charge in [0, 0.05) is 25.6 Å². The number of rotatable bonds is 2. The lowest BCUT2D eigenvalue weighted by Gasteiger charge is -2.38. The number of amides is 1. The van der Waals surface area contributed by atoms with Gasteiger partial charge in [-0.25, -0.2) is 8.78 Å². The largest absolute Gasteiger partial charge is 0.340 e. The fourth-order valence-corrected chi connectivity index (χ4v) is 3.67. The van der Waals surface area contributed by atoms with E-state index in [1.807, 2.05) is 0 Å². The van der Waals surface area contributed by atoms with Gasteiger partial charge in [0.1, 0.15) is 0 Å². The standard InChI is InChI=1S/C14H23F2N3O/c15-14(16)8-12(17-10-14)13(20)19-7-3-4-11(9-19)18-5-1-2-6-18/h11-12,17H,1-10H2. The number of piperidine rings is 1. The summed E-state index contributed by atoms with van der Waals surface area (Å²) < 4.78 is 26.4. The summed E-state index contributed by atoms with van der Waals surface area (Å²) in [6.07, 6.45) is 4.23. The number of hydrogen-bond acceptors (Lipinski definition) is 3. The minimum atomic E-state index is -2.73. The Hall–Kier alpha value is -0.750. The van der Waals surface area contributed by atoms with Crippen LogP contribution in [-0.2, 0) is 4.79 Å². The molecule has 0 aromatic heterocycles. The van der Waals surface area contributed by atoms with Crippen LogP contribution in [0.5, 0.6) is 0 Å². The third-order valence-electron chi connectivity index (χ3n) is 4.77. The van der Waals surface area contributed by atoms with Crippen molar-refractivity contribution >= 4 is 5.91 Å². The zero-order chi connectivity index (χ0) is 14.2. The first-order valence-electron chi connectivity index (χ1n) is 7.69. The number of carbonyl (C=O) groups is 1. The molecular weight excluding hydrogens is 264 g/mol. The Kier molecular flexibility index (Phi) is 3.95. The number of nitrogens with one attached hydrogen (secondary N) is 1. The van der Waals surface area contributed by atoms with E-state index >= 15 is 0 Å². The summed E-state index contributed by atoms with van der Waals surface area (Å²) in [5.41, 5.74) is 0. The van der Waals surface area contributed by atoms with E-state index in [0.717, 1.165) is 25.9 Å². The van der Waals surface area contributed by atoms with Gasteiger partial charge in [-0.3, -0.25) is 15.0 Å². The van der Waals surface area contributed by atoms with Crippen LogP contribution in [0.1, 0.15) is 32.1 Å². The highest BCUT2D eigenvalue weighted by atomic mass is 19.3. The Balaban J connectivity index is 1.57. The number of alkyl halides is 2. The molecule has 3 aliphatic heterocycles. The van der Waals surface area contributed by atoms with E-state index in [-0.39, 0.29) is 18.9 Å². The van der Waals surface area contributed by atoms with Crippen molar-refractivity contribution < 1.29 is 13.6 Å². The van der Waals surface area contributed by atoms with Crippen LogP contribution in [0, 0.1) is 0 Å². The molecule has 1 amide bonds. The minimum absolute atomic E-state index is 0.133. The number of halogens is 2. The lowest BCUT2D eigenvalue weighted by Crippen LogP contribution is -2.52. The molecule has 3 saturated heterocycles. The van der Waals surface area contributed by atoms with Crippen molar-refractivity contribution in [1.82, 2.24) is 15.1 Å². The van der Waals surface area contributed by atoms with Gasteiger partial charge in [-0.15, -0.1) is 0 Å². The Morgan fingerprint density at radius 1 is 1.15 bits per heavy atom. The van der Waals surface area contributed by atoms with Crippen LogP contribution in [0.2, 0.25) is 0 Å². The first kappa shape index (κ1) is 14.2. The quantitative estimate of drug-likeness (QED) is 0.825. The second-order valence-electron chi connectivity index (χ2n) is 6.32. The van der Waals surface area contributed by atoms with Gasteiger partial charge in [0.25, 0.3) is 5.92 Å². The van der Waals surface area contributed by atoms with Crippen LogP contribution in [0.3, 0.4) is 0 Å². The van der Waals surface area contributed by atoms with Crippen LogP contribution in [0.15, 0.2) is 0 Å². The number of nitrogens with zero attached hydrogens (tertiary/aromatic N) is 2. The summed E-state index contributed by atoms with van der Waals surface area (Å²) in [5, 5.41) is 2.67. The van der Waals surface area contributed by atoms with E-state index in [4.69, 9.17) is 0 Å². The Morgan fingerprint density at radius 3 is 2.55 bits per heavy atom. The molecule has 114 valence electrons. The summed E-state index contributed by atoms with van der Waals surface area (Å²) in [5.74, 6) is -2.86. The molecule has 0 aromatic rings. The zero-order valence-electron chi connectivity index (χ0n) is 11.8. The molecule has 6 heteroatoms. The monoisotopic (exact) mass is 287 g/mol. The predicted octanol–water partition coefficient (Wildman–Crippen LogP) is 1.07. The molecule has 3 rings (SSSR count). The highest BCUT2D eigenvalue weighted by Gasteiger charge is 2.44. The van der Waals surface area contributed by atoms with Gasteiger partial charge < -0.3 is 4.90 Å². The molecule has 3 fully saturated rings. The molecule has 20 heavy (non-hydrogen) atoms. The van der Waals surface area contributed by atoms with Crippen molar-refractivity contribution in [1.29, 1.82) is 0 Å². The summed E-state index contributed by atoms with van der Waals surface area (Å²) in [4.78, 5) is 16.6. The van der Waals surface area contributed by atoms with Gasteiger partial charge in [-0.1, -0.05) is 0 Å². The summed E-state index contributed by atoms with van der Waals surface area (Å²) in [7, 11) is 0. The maximum Gasteiger partial charge on any atom is 0.262 e. The molecule has 2 atom stereocenters. The molecule has 0 aliphatic carbocycles.